The van der Waals surface area contributed by atoms with Gasteiger partial charge in [-0.3, -0.25) is 4.79 Å². The summed E-state index contributed by atoms with van der Waals surface area (Å²) in [6, 6.07) is 15.7. The van der Waals surface area contributed by atoms with Gasteiger partial charge in [-0.1, -0.05) is 41.6 Å². The van der Waals surface area contributed by atoms with Crippen LogP contribution in [0.4, 0.5) is 0 Å². The highest BCUT2D eigenvalue weighted by Crippen LogP contribution is 2.29. The number of aromatic nitrogens is 2. The van der Waals surface area contributed by atoms with Crippen molar-refractivity contribution >= 4 is 5.91 Å². The van der Waals surface area contributed by atoms with Crippen LogP contribution in [-0.2, 0) is 6.42 Å². The first-order valence-corrected chi connectivity index (χ1v) is 8.50. The molecule has 0 saturated heterocycles. The first kappa shape index (κ1) is 15.6. The maximum atomic E-state index is 12.6. The van der Waals surface area contributed by atoms with Crippen molar-refractivity contribution in [1.29, 1.82) is 0 Å². The van der Waals surface area contributed by atoms with E-state index in [-0.39, 0.29) is 11.9 Å². The fraction of sp³-hybridized carbons (Fsp3) is 0.250. The average Bonchev–Trinajstić information content (AvgIpc) is 3.08. The molecule has 0 bridgehead atoms. The first-order chi connectivity index (χ1) is 12.2. The maximum absolute atomic E-state index is 12.6. The monoisotopic (exact) mass is 333 g/mol. The highest BCUT2D eigenvalue weighted by molar-refractivity contribution is 5.94. The third kappa shape index (κ3) is 3.18. The van der Waals surface area contributed by atoms with E-state index in [0.717, 1.165) is 24.8 Å². The number of aryl methyl sites for hydroxylation is 2. The third-order valence-corrected chi connectivity index (χ3v) is 4.61. The lowest BCUT2D eigenvalue weighted by molar-refractivity contribution is 0.0933. The molecular formula is C20H19N3O2. The van der Waals surface area contributed by atoms with E-state index in [1.54, 1.807) is 19.1 Å². The van der Waals surface area contributed by atoms with Crippen LogP contribution < -0.4 is 5.32 Å². The Hall–Kier alpha value is -2.95. The number of hydrogen-bond acceptors (Lipinski definition) is 4. The van der Waals surface area contributed by atoms with Gasteiger partial charge >= 0.3 is 0 Å². The van der Waals surface area contributed by atoms with E-state index in [0.29, 0.717) is 17.3 Å². The number of fused-ring (bicyclic) bond motifs is 1. The summed E-state index contributed by atoms with van der Waals surface area (Å²) in [4.78, 5) is 16.8. The molecule has 0 saturated carbocycles. The fourth-order valence-corrected chi connectivity index (χ4v) is 3.33. The summed E-state index contributed by atoms with van der Waals surface area (Å²) in [6.07, 6.45) is 3.16. The number of carbonyl (C=O) groups is 1. The van der Waals surface area contributed by atoms with E-state index in [4.69, 9.17) is 4.52 Å². The summed E-state index contributed by atoms with van der Waals surface area (Å²) in [5.41, 5.74) is 4.03. The molecule has 0 radical (unpaired) electrons. The minimum atomic E-state index is -0.0578. The normalized spacial score (nSPS) is 16.3. The summed E-state index contributed by atoms with van der Waals surface area (Å²) in [5, 5.41) is 7.06. The van der Waals surface area contributed by atoms with Crippen molar-refractivity contribution in [1.82, 2.24) is 15.5 Å². The van der Waals surface area contributed by atoms with E-state index in [1.807, 2.05) is 18.2 Å². The van der Waals surface area contributed by atoms with Crippen LogP contribution in [0.15, 0.2) is 53.1 Å². The highest BCUT2D eigenvalue weighted by atomic mass is 16.5. The van der Waals surface area contributed by atoms with Gasteiger partial charge in [-0.15, -0.1) is 0 Å². The smallest absolute Gasteiger partial charge is 0.251 e. The van der Waals surface area contributed by atoms with Crippen LogP contribution in [0.1, 0.15) is 46.3 Å². The van der Waals surface area contributed by atoms with Crippen molar-refractivity contribution in [3.63, 3.8) is 0 Å². The second-order valence-electron chi connectivity index (χ2n) is 6.33. The van der Waals surface area contributed by atoms with Crippen molar-refractivity contribution in [2.75, 3.05) is 0 Å². The van der Waals surface area contributed by atoms with Crippen LogP contribution in [0.3, 0.4) is 0 Å². The molecule has 1 aliphatic carbocycles. The molecular weight excluding hydrogens is 314 g/mol. The third-order valence-electron chi connectivity index (χ3n) is 4.61. The molecule has 3 aromatic rings. The predicted octanol–water partition coefficient (Wildman–Crippen LogP) is 3.85. The van der Waals surface area contributed by atoms with Gasteiger partial charge < -0.3 is 9.84 Å². The van der Waals surface area contributed by atoms with Crippen LogP contribution >= 0.6 is 0 Å². The number of benzene rings is 2. The van der Waals surface area contributed by atoms with Crippen molar-refractivity contribution < 1.29 is 9.32 Å². The standard InChI is InChI=1S/C20H19N3O2/c1-13-21-19(23-25-13)15-9-11-16(12-10-15)20(24)22-18-8-4-6-14-5-2-3-7-17(14)18/h2-3,5,7,9-12,18H,4,6,8H2,1H3,(H,22,24). The quantitative estimate of drug-likeness (QED) is 0.790. The van der Waals surface area contributed by atoms with Gasteiger partial charge in [-0.25, -0.2) is 0 Å². The average molecular weight is 333 g/mol. The molecule has 1 unspecified atom stereocenters. The second kappa shape index (κ2) is 6.51. The van der Waals surface area contributed by atoms with Gasteiger partial charge in [0, 0.05) is 18.1 Å². The Balaban J connectivity index is 1.50. The highest BCUT2D eigenvalue weighted by Gasteiger charge is 2.21. The Morgan fingerprint density at radius 3 is 2.72 bits per heavy atom. The number of hydrogen-bond donors (Lipinski definition) is 1. The Bertz CT molecular complexity index is 899. The number of nitrogens with one attached hydrogen (secondary N) is 1. The molecule has 1 aromatic heterocycles. The number of carbonyl (C=O) groups excluding carboxylic acids is 1. The van der Waals surface area contributed by atoms with Gasteiger partial charge in [-0.05, 0) is 42.5 Å². The number of amides is 1. The minimum Gasteiger partial charge on any atom is -0.345 e. The predicted molar refractivity (Wildman–Crippen MR) is 94.1 cm³/mol. The van der Waals surface area contributed by atoms with Crippen LogP contribution in [0, 0.1) is 6.92 Å². The van der Waals surface area contributed by atoms with Crippen molar-refractivity contribution in [3.05, 3.63) is 71.1 Å². The number of nitrogens with zero attached hydrogens (tertiary/aromatic N) is 2. The topological polar surface area (TPSA) is 68.0 Å². The molecule has 25 heavy (non-hydrogen) atoms. The summed E-state index contributed by atoms with van der Waals surface area (Å²) < 4.78 is 4.99. The van der Waals surface area contributed by atoms with Crippen LogP contribution in [0.2, 0.25) is 0 Å². The molecule has 1 amide bonds. The van der Waals surface area contributed by atoms with Crippen molar-refractivity contribution in [2.24, 2.45) is 0 Å². The van der Waals surface area contributed by atoms with Crippen LogP contribution in [0.5, 0.6) is 0 Å². The number of rotatable bonds is 3. The zero-order chi connectivity index (χ0) is 17.2. The summed E-state index contributed by atoms with van der Waals surface area (Å²) >= 11 is 0. The van der Waals surface area contributed by atoms with Gasteiger partial charge in [0.15, 0.2) is 0 Å². The molecule has 1 heterocycles. The molecule has 5 heteroatoms. The van der Waals surface area contributed by atoms with Gasteiger partial charge in [0.1, 0.15) is 0 Å². The SMILES string of the molecule is Cc1nc(-c2ccc(C(=O)NC3CCCc4ccccc43)cc2)no1. The van der Waals surface area contributed by atoms with Gasteiger partial charge in [-0.2, -0.15) is 4.98 Å². The van der Waals surface area contributed by atoms with Gasteiger partial charge in [0.05, 0.1) is 6.04 Å². The minimum absolute atomic E-state index is 0.0578. The molecule has 0 aliphatic heterocycles. The van der Waals surface area contributed by atoms with E-state index >= 15 is 0 Å². The van der Waals surface area contributed by atoms with Crippen molar-refractivity contribution in [2.45, 2.75) is 32.2 Å². The fourth-order valence-electron chi connectivity index (χ4n) is 3.33. The Morgan fingerprint density at radius 1 is 1.16 bits per heavy atom. The summed E-state index contributed by atoms with van der Waals surface area (Å²) in [6.45, 7) is 1.75. The summed E-state index contributed by atoms with van der Waals surface area (Å²) in [5.74, 6) is 0.996. The lowest BCUT2D eigenvalue weighted by Crippen LogP contribution is -2.30. The Morgan fingerprint density at radius 2 is 1.96 bits per heavy atom. The van der Waals surface area contributed by atoms with Gasteiger partial charge in [0.2, 0.25) is 11.7 Å². The summed E-state index contributed by atoms with van der Waals surface area (Å²) in [7, 11) is 0. The van der Waals surface area contributed by atoms with Crippen LogP contribution in [-0.4, -0.2) is 16.0 Å². The maximum Gasteiger partial charge on any atom is 0.251 e. The lowest BCUT2D eigenvalue weighted by Gasteiger charge is -2.26. The molecule has 126 valence electrons. The molecule has 2 aromatic carbocycles. The van der Waals surface area contributed by atoms with E-state index in [9.17, 15) is 4.79 Å². The largest absolute Gasteiger partial charge is 0.345 e. The molecule has 1 atom stereocenters. The van der Waals surface area contributed by atoms with E-state index in [2.05, 4.69) is 33.7 Å². The van der Waals surface area contributed by atoms with Gasteiger partial charge in [0.25, 0.3) is 5.91 Å². The lowest BCUT2D eigenvalue weighted by atomic mass is 9.87. The van der Waals surface area contributed by atoms with Crippen LogP contribution in [0.25, 0.3) is 11.4 Å². The molecule has 5 nitrogen and oxygen atoms in total. The zero-order valence-electron chi connectivity index (χ0n) is 14.0. The molecule has 0 fully saturated rings. The molecule has 1 aliphatic rings. The molecule has 1 N–H and O–H groups in total. The van der Waals surface area contributed by atoms with E-state index in [1.165, 1.54) is 11.1 Å². The molecule has 0 spiro atoms. The second-order valence-corrected chi connectivity index (χ2v) is 6.33. The van der Waals surface area contributed by atoms with E-state index < -0.39 is 0 Å². The van der Waals surface area contributed by atoms with Crippen molar-refractivity contribution in [3.8, 4) is 11.4 Å². The Kier molecular flexibility index (Phi) is 4.06. The molecule has 4 rings (SSSR count). The Labute approximate surface area is 146 Å². The zero-order valence-corrected chi connectivity index (χ0v) is 14.0. The first-order valence-electron chi connectivity index (χ1n) is 8.50.